The molecule has 0 aromatic carbocycles. The molecule has 0 radical (unpaired) electrons. The van der Waals surface area contributed by atoms with Gasteiger partial charge in [-0.2, -0.15) is 0 Å². The van der Waals surface area contributed by atoms with E-state index in [1.165, 1.54) is 11.4 Å². The molecule has 0 unspecified atom stereocenters. The fraction of sp³-hybridized carbons (Fsp3) is 0.833. The number of hydrogen-bond acceptors (Lipinski definition) is 5. The van der Waals surface area contributed by atoms with Gasteiger partial charge in [-0.05, 0) is 25.8 Å². The molecule has 2 rings (SSSR count). The topological polar surface area (TPSA) is 47.0 Å². The molecule has 1 fully saturated rings. The molecule has 2 heterocycles. The van der Waals surface area contributed by atoms with E-state index in [1.54, 1.807) is 11.3 Å². The molecule has 1 aliphatic rings. The van der Waals surface area contributed by atoms with Crippen LogP contribution in [0, 0.1) is 0 Å². The van der Waals surface area contributed by atoms with Crippen molar-refractivity contribution in [2.75, 3.05) is 26.3 Å². The molecule has 1 aromatic rings. The summed E-state index contributed by atoms with van der Waals surface area (Å²) in [6, 6.07) is 0. The summed E-state index contributed by atoms with van der Waals surface area (Å²) >= 11 is 1.78. The average Bonchev–Trinajstić information content (AvgIpc) is 2.85. The number of nitrogens with one attached hydrogen (secondary N) is 1. The van der Waals surface area contributed by atoms with Gasteiger partial charge >= 0.3 is 0 Å². The number of aromatic nitrogens is 2. The Labute approximate surface area is 107 Å². The zero-order chi connectivity index (χ0) is 11.9. The van der Waals surface area contributed by atoms with Crippen LogP contribution in [0.2, 0.25) is 0 Å². The zero-order valence-electron chi connectivity index (χ0n) is 10.4. The third-order valence-corrected chi connectivity index (χ3v) is 4.14. The highest BCUT2D eigenvalue weighted by Crippen LogP contribution is 2.28. The van der Waals surface area contributed by atoms with Crippen LogP contribution in [-0.2, 0) is 11.2 Å². The lowest BCUT2D eigenvalue weighted by Gasteiger charge is -2.18. The molecule has 0 aliphatic carbocycles. The minimum absolute atomic E-state index is 0.582. The minimum Gasteiger partial charge on any atom is -0.381 e. The Bertz CT molecular complexity index is 323. The van der Waals surface area contributed by atoms with E-state index in [-0.39, 0.29) is 0 Å². The van der Waals surface area contributed by atoms with Gasteiger partial charge in [-0.1, -0.05) is 6.92 Å². The molecule has 96 valence electrons. The molecule has 0 bridgehead atoms. The van der Waals surface area contributed by atoms with Gasteiger partial charge in [0, 0.05) is 32.1 Å². The van der Waals surface area contributed by atoms with Gasteiger partial charge in [0.2, 0.25) is 0 Å². The third-order valence-electron chi connectivity index (χ3n) is 3.00. The highest BCUT2D eigenvalue weighted by Gasteiger charge is 2.19. The molecule has 1 aliphatic heterocycles. The Morgan fingerprint density at radius 1 is 1.29 bits per heavy atom. The van der Waals surface area contributed by atoms with E-state index in [4.69, 9.17) is 4.74 Å². The van der Waals surface area contributed by atoms with E-state index in [0.29, 0.717) is 5.92 Å². The molecule has 5 heteroatoms. The Morgan fingerprint density at radius 2 is 2.12 bits per heavy atom. The monoisotopic (exact) mass is 255 g/mol. The lowest BCUT2D eigenvalue weighted by atomic mass is 10.0. The number of hydrogen-bond donors (Lipinski definition) is 1. The summed E-state index contributed by atoms with van der Waals surface area (Å²) in [5.74, 6) is 0.582. The van der Waals surface area contributed by atoms with Crippen LogP contribution in [0.5, 0.6) is 0 Å². The predicted molar refractivity (Wildman–Crippen MR) is 69.6 cm³/mol. The first-order valence-corrected chi connectivity index (χ1v) is 7.32. The molecular weight excluding hydrogens is 234 g/mol. The van der Waals surface area contributed by atoms with Crippen molar-refractivity contribution in [3.63, 3.8) is 0 Å². The van der Waals surface area contributed by atoms with Crippen LogP contribution in [0.3, 0.4) is 0 Å². The molecule has 1 saturated heterocycles. The first-order valence-electron chi connectivity index (χ1n) is 6.51. The predicted octanol–water partition coefficient (Wildman–Crippen LogP) is 1.97. The summed E-state index contributed by atoms with van der Waals surface area (Å²) in [7, 11) is 0. The van der Waals surface area contributed by atoms with Crippen molar-refractivity contribution in [3.8, 4) is 0 Å². The normalized spacial score (nSPS) is 17.5. The highest BCUT2D eigenvalue weighted by molar-refractivity contribution is 7.11. The van der Waals surface area contributed by atoms with Crippen LogP contribution in [0.15, 0.2) is 0 Å². The van der Waals surface area contributed by atoms with E-state index >= 15 is 0 Å². The highest BCUT2D eigenvalue weighted by atomic mass is 32.1. The summed E-state index contributed by atoms with van der Waals surface area (Å²) in [6.45, 7) is 6.03. The average molecular weight is 255 g/mol. The van der Waals surface area contributed by atoms with Crippen LogP contribution < -0.4 is 5.32 Å². The fourth-order valence-electron chi connectivity index (χ4n) is 1.97. The smallest absolute Gasteiger partial charge is 0.120 e. The van der Waals surface area contributed by atoms with Crippen molar-refractivity contribution in [1.82, 2.24) is 15.5 Å². The second-order valence-electron chi connectivity index (χ2n) is 4.42. The summed E-state index contributed by atoms with van der Waals surface area (Å²) in [4.78, 5) is 0. The summed E-state index contributed by atoms with van der Waals surface area (Å²) in [5, 5.41) is 14.4. The van der Waals surface area contributed by atoms with Gasteiger partial charge < -0.3 is 10.1 Å². The van der Waals surface area contributed by atoms with Crippen molar-refractivity contribution < 1.29 is 4.74 Å². The van der Waals surface area contributed by atoms with E-state index < -0.39 is 0 Å². The first-order chi connectivity index (χ1) is 8.40. The molecule has 17 heavy (non-hydrogen) atoms. The first kappa shape index (κ1) is 12.9. The Morgan fingerprint density at radius 3 is 2.88 bits per heavy atom. The maximum Gasteiger partial charge on any atom is 0.120 e. The SMILES string of the molecule is CCCNCCc1nnc(C2CCOCC2)s1. The van der Waals surface area contributed by atoms with Crippen LogP contribution in [0.25, 0.3) is 0 Å². The van der Waals surface area contributed by atoms with Gasteiger partial charge in [-0.25, -0.2) is 0 Å². The number of rotatable bonds is 6. The van der Waals surface area contributed by atoms with Gasteiger partial charge in [0.15, 0.2) is 0 Å². The molecule has 1 aromatic heterocycles. The molecule has 0 atom stereocenters. The Hall–Kier alpha value is -0.520. The quantitative estimate of drug-likeness (QED) is 0.790. The van der Waals surface area contributed by atoms with Gasteiger partial charge in [-0.15, -0.1) is 21.5 Å². The Balaban J connectivity index is 1.78. The second-order valence-corrected chi connectivity index (χ2v) is 5.51. The third kappa shape index (κ3) is 4.01. The van der Waals surface area contributed by atoms with Crippen LogP contribution in [0.1, 0.15) is 42.1 Å². The molecule has 1 N–H and O–H groups in total. The lowest BCUT2D eigenvalue weighted by Crippen LogP contribution is -2.17. The van der Waals surface area contributed by atoms with Gasteiger partial charge in [-0.3, -0.25) is 0 Å². The second kappa shape index (κ2) is 7.03. The standard InChI is InChI=1S/C12H21N3OS/c1-2-6-13-7-3-11-14-15-12(17-11)10-4-8-16-9-5-10/h10,13H,2-9H2,1H3. The van der Waals surface area contributed by atoms with Gasteiger partial charge in [0.1, 0.15) is 10.0 Å². The van der Waals surface area contributed by atoms with E-state index in [0.717, 1.165) is 50.6 Å². The van der Waals surface area contributed by atoms with Gasteiger partial charge in [0.25, 0.3) is 0 Å². The van der Waals surface area contributed by atoms with Gasteiger partial charge in [0.05, 0.1) is 0 Å². The van der Waals surface area contributed by atoms with Crippen molar-refractivity contribution in [2.45, 2.75) is 38.5 Å². The van der Waals surface area contributed by atoms with E-state index in [1.807, 2.05) is 0 Å². The summed E-state index contributed by atoms with van der Waals surface area (Å²) in [5.41, 5.74) is 0. The summed E-state index contributed by atoms with van der Waals surface area (Å²) < 4.78 is 5.37. The van der Waals surface area contributed by atoms with Crippen molar-refractivity contribution in [3.05, 3.63) is 10.0 Å². The van der Waals surface area contributed by atoms with E-state index in [2.05, 4.69) is 22.4 Å². The number of nitrogens with zero attached hydrogens (tertiary/aromatic N) is 2. The molecule has 0 amide bonds. The largest absolute Gasteiger partial charge is 0.381 e. The van der Waals surface area contributed by atoms with E-state index in [9.17, 15) is 0 Å². The van der Waals surface area contributed by atoms with Crippen molar-refractivity contribution in [1.29, 1.82) is 0 Å². The molecular formula is C12H21N3OS. The molecule has 0 saturated carbocycles. The number of ether oxygens (including phenoxy) is 1. The van der Waals surface area contributed by atoms with Crippen molar-refractivity contribution in [2.24, 2.45) is 0 Å². The maximum absolute atomic E-state index is 5.37. The van der Waals surface area contributed by atoms with Crippen LogP contribution >= 0.6 is 11.3 Å². The fourth-order valence-corrected chi connectivity index (χ4v) is 2.99. The summed E-state index contributed by atoms with van der Waals surface area (Å²) in [6.07, 6.45) is 4.38. The molecule has 0 spiro atoms. The minimum atomic E-state index is 0.582. The van der Waals surface area contributed by atoms with Crippen molar-refractivity contribution >= 4 is 11.3 Å². The van der Waals surface area contributed by atoms with Crippen LogP contribution in [-0.4, -0.2) is 36.5 Å². The maximum atomic E-state index is 5.37. The zero-order valence-corrected chi connectivity index (χ0v) is 11.3. The Kier molecular flexibility index (Phi) is 5.35. The van der Waals surface area contributed by atoms with Crippen LogP contribution in [0.4, 0.5) is 0 Å². The molecule has 4 nitrogen and oxygen atoms in total. The lowest BCUT2D eigenvalue weighted by molar-refractivity contribution is 0.0851.